The van der Waals surface area contributed by atoms with Crippen LogP contribution in [0, 0.1) is 10.1 Å². The minimum absolute atomic E-state index is 0.0553. The van der Waals surface area contributed by atoms with E-state index in [9.17, 15) is 10.1 Å². The molecule has 7 heteroatoms. The fourth-order valence-electron chi connectivity index (χ4n) is 2.81. The Hall–Kier alpha value is -3.45. The normalized spacial score (nSPS) is 10.7. The van der Waals surface area contributed by atoms with Crippen LogP contribution in [0.15, 0.2) is 72.2 Å². The summed E-state index contributed by atoms with van der Waals surface area (Å²) in [5.41, 5.74) is 3.64. The van der Waals surface area contributed by atoms with Gasteiger partial charge < -0.3 is 4.74 Å². The molecule has 6 nitrogen and oxygen atoms in total. The average molecular weight is 377 g/mol. The van der Waals surface area contributed by atoms with Crippen molar-refractivity contribution in [2.45, 2.75) is 0 Å². The van der Waals surface area contributed by atoms with E-state index >= 15 is 0 Å². The number of aromatic nitrogens is 2. The van der Waals surface area contributed by atoms with Crippen molar-refractivity contribution in [3.05, 3.63) is 82.4 Å². The van der Waals surface area contributed by atoms with Crippen molar-refractivity contribution in [3.63, 3.8) is 0 Å². The number of rotatable bonds is 5. The Bertz CT molecular complexity index is 1070. The highest BCUT2D eigenvalue weighted by Gasteiger charge is 2.15. The summed E-state index contributed by atoms with van der Waals surface area (Å²) in [6.45, 7) is 0. The van der Waals surface area contributed by atoms with Crippen LogP contribution in [0.5, 0.6) is 5.75 Å². The van der Waals surface area contributed by atoms with Crippen LogP contribution in [0.3, 0.4) is 0 Å². The van der Waals surface area contributed by atoms with Crippen LogP contribution < -0.4 is 4.74 Å². The second-order valence-electron chi connectivity index (χ2n) is 5.82. The number of methoxy groups -OCH3 is 1. The molecule has 0 aliphatic heterocycles. The van der Waals surface area contributed by atoms with Crippen LogP contribution in [0.25, 0.3) is 27.4 Å². The summed E-state index contributed by atoms with van der Waals surface area (Å²) in [5.74, 6) is 0.784. The molecule has 0 radical (unpaired) electrons. The molecule has 2 heterocycles. The Kier molecular flexibility index (Phi) is 4.43. The van der Waals surface area contributed by atoms with E-state index in [4.69, 9.17) is 9.84 Å². The predicted molar refractivity (Wildman–Crippen MR) is 106 cm³/mol. The highest BCUT2D eigenvalue weighted by Crippen LogP contribution is 2.35. The summed E-state index contributed by atoms with van der Waals surface area (Å²) in [5, 5.41) is 17.6. The second kappa shape index (κ2) is 7.05. The van der Waals surface area contributed by atoms with E-state index in [1.165, 1.54) is 12.1 Å². The molecule has 0 spiro atoms. The smallest absolute Gasteiger partial charge is 0.269 e. The van der Waals surface area contributed by atoms with Gasteiger partial charge in [0, 0.05) is 34.3 Å². The van der Waals surface area contributed by atoms with Gasteiger partial charge in [-0.1, -0.05) is 6.07 Å². The first-order chi connectivity index (χ1) is 13.2. The molecule has 0 aliphatic rings. The van der Waals surface area contributed by atoms with Gasteiger partial charge >= 0.3 is 0 Å². The standard InChI is InChI=1S/C20H15N3O3S/c1-26-17-10-4-14(5-11-17)20-18(19-3-2-12-27-19)13-22(21-20)15-6-8-16(9-7-15)23(24)25/h2-13H,1H3. The van der Waals surface area contributed by atoms with Crippen LogP contribution in [-0.2, 0) is 0 Å². The lowest BCUT2D eigenvalue weighted by Crippen LogP contribution is -1.95. The van der Waals surface area contributed by atoms with Gasteiger partial charge in [-0.2, -0.15) is 5.10 Å². The molecule has 27 heavy (non-hydrogen) atoms. The van der Waals surface area contributed by atoms with Crippen molar-refractivity contribution in [1.82, 2.24) is 9.78 Å². The SMILES string of the molecule is COc1ccc(-c2nn(-c3ccc([N+](=O)[O-])cc3)cc2-c2cccs2)cc1. The Morgan fingerprint density at radius 3 is 2.41 bits per heavy atom. The summed E-state index contributed by atoms with van der Waals surface area (Å²) >= 11 is 1.64. The average Bonchev–Trinajstić information content (AvgIpc) is 3.38. The first-order valence-corrected chi connectivity index (χ1v) is 9.06. The zero-order chi connectivity index (χ0) is 18.8. The van der Waals surface area contributed by atoms with Crippen molar-refractivity contribution in [3.8, 4) is 33.1 Å². The minimum Gasteiger partial charge on any atom is -0.497 e. The van der Waals surface area contributed by atoms with E-state index in [0.29, 0.717) is 0 Å². The number of non-ortho nitro benzene ring substituents is 1. The predicted octanol–water partition coefficient (Wildman–Crippen LogP) is 5.18. The summed E-state index contributed by atoms with van der Waals surface area (Å²) in [6, 6.07) is 18.1. The lowest BCUT2D eigenvalue weighted by Gasteiger charge is -2.03. The van der Waals surface area contributed by atoms with Gasteiger partial charge in [-0.3, -0.25) is 10.1 Å². The van der Waals surface area contributed by atoms with Crippen molar-refractivity contribution in [1.29, 1.82) is 0 Å². The molecular weight excluding hydrogens is 362 g/mol. The van der Waals surface area contributed by atoms with E-state index in [1.54, 1.807) is 35.3 Å². The maximum atomic E-state index is 10.9. The first-order valence-electron chi connectivity index (χ1n) is 8.18. The van der Waals surface area contributed by atoms with Gasteiger partial charge in [0.15, 0.2) is 0 Å². The maximum absolute atomic E-state index is 10.9. The number of thiophene rings is 1. The fraction of sp³-hybridized carbons (Fsp3) is 0.0500. The van der Waals surface area contributed by atoms with E-state index in [2.05, 4.69) is 6.07 Å². The third-order valence-corrected chi connectivity index (χ3v) is 5.09. The largest absolute Gasteiger partial charge is 0.497 e. The van der Waals surface area contributed by atoms with Crippen LogP contribution >= 0.6 is 11.3 Å². The highest BCUT2D eigenvalue weighted by atomic mass is 32.1. The molecule has 2 aromatic heterocycles. The third-order valence-electron chi connectivity index (χ3n) is 4.19. The third kappa shape index (κ3) is 3.32. The lowest BCUT2D eigenvalue weighted by atomic mass is 10.1. The number of ether oxygens (including phenoxy) is 1. The minimum atomic E-state index is -0.410. The quantitative estimate of drug-likeness (QED) is 0.355. The Balaban J connectivity index is 1.81. The van der Waals surface area contributed by atoms with Gasteiger partial charge in [0.25, 0.3) is 5.69 Å². The van der Waals surface area contributed by atoms with Crippen LogP contribution in [-0.4, -0.2) is 21.8 Å². The van der Waals surface area contributed by atoms with Gasteiger partial charge in [0.1, 0.15) is 11.4 Å². The van der Waals surface area contributed by atoms with Crippen molar-refractivity contribution in [2.24, 2.45) is 0 Å². The Labute approximate surface area is 159 Å². The van der Waals surface area contributed by atoms with Crippen LogP contribution in [0.4, 0.5) is 5.69 Å². The van der Waals surface area contributed by atoms with Gasteiger partial charge in [0.2, 0.25) is 0 Å². The first kappa shape index (κ1) is 17.0. The molecule has 0 saturated carbocycles. The number of hydrogen-bond donors (Lipinski definition) is 0. The van der Waals surface area contributed by atoms with Crippen LogP contribution in [0.1, 0.15) is 0 Å². The molecule has 0 unspecified atom stereocenters. The number of nitrogens with zero attached hydrogens (tertiary/aromatic N) is 3. The molecule has 0 bridgehead atoms. The maximum Gasteiger partial charge on any atom is 0.269 e. The fourth-order valence-corrected chi connectivity index (χ4v) is 3.54. The van der Waals surface area contributed by atoms with Crippen molar-refractivity contribution >= 4 is 17.0 Å². The molecule has 0 N–H and O–H groups in total. The molecule has 0 aliphatic carbocycles. The second-order valence-corrected chi connectivity index (χ2v) is 6.76. The van der Waals surface area contributed by atoms with Gasteiger partial charge in [0.05, 0.1) is 17.7 Å². The van der Waals surface area contributed by atoms with E-state index in [1.807, 2.05) is 41.9 Å². The molecule has 0 atom stereocenters. The number of nitro benzene ring substituents is 1. The van der Waals surface area contributed by atoms with E-state index in [-0.39, 0.29) is 5.69 Å². The molecular formula is C20H15N3O3S. The van der Waals surface area contributed by atoms with Gasteiger partial charge in [-0.25, -0.2) is 4.68 Å². The number of benzene rings is 2. The van der Waals surface area contributed by atoms with E-state index in [0.717, 1.165) is 33.1 Å². The van der Waals surface area contributed by atoms with Crippen molar-refractivity contribution < 1.29 is 9.66 Å². The van der Waals surface area contributed by atoms with Crippen LogP contribution in [0.2, 0.25) is 0 Å². The molecule has 0 fully saturated rings. The monoisotopic (exact) mass is 377 g/mol. The number of nitro groups is 1. The Morgan fingerprint density at radius 2 is 1.81 bits per heavy atom. The lowest BCUT2D eigenvalue weighted by molar-refractivity contribution is -0.384. The molecule has 0 amide bonds. The van der Waals surface area contributed by atoms with Crippen molar-refractivity contribution in [2.75, 3.05) is 7.11 Å². The topological polar surface area (TPSA) is 70.2 Å². The zero-order valence-electron chi connectivity index (χ0n) is 14.4. The summed E-state index contributed by atoms with van der Waals surface area (Å²) in [4.78, 5) is 11.6. The van der Waals surface area contributed by atoms with E-state index < -0.39 is 4.92 Å². The molecule has 134 valence electrons. The molecule has 2 aromatic carbocycles. The molecule has 4 aromatic rings. The summed E-state index contributed by atoms with van der Waals surface area (Å²) in [6.07, 6.45) is 1.95. The molecule has 4 rings (SSSR count). The summed E-state index contributed by atoms with van der Waals surface area (Å²) < 4.78 is 6.98. The summed E-state index contributed by atoms with van der Waals surface area (Å²) in [7, 11) is 1.63. The molecule has 0 saturated heterocycles. The van der Waals surface area contributed by atoms with Gasteiger partial charge in [-0.15, -0.1) is 11.3 Å². The zero-order valence-corrected chi connectivity index (χ0v) is 15.2. The number of hydrogen-bond acceptors (Lipinski definition) is 5. The van der Waals surface area contributed by atoms with Gasteiger partial charge in [-0.05, 0) is 47.8 Å². The Morgan fingerprint density at radius 1 is 1.07 bits per heavy atom. The highest BCUT2D eigenvalue weighted by molar-refractivity contribution is 7.13.